The Kier molecular flexibility index (Phi) is 3.73. The maximum absolute atomic E-state index is 5.90. The van der Waals surface area contributed by atoms with Crippen LogP contribution in [0.2, 0.25) is 0 Å². The molecule has 1 aromatic heterocycles. The molecular weight excluding hydrogens is 288 g/mol. The Balaban J connectivity index is 1.45. The number of nitrogens with zero attached hydrogens (tertiary/aromatic N) is 2. The summed E-state index contributed by atoms with van der Waals surface area (Å²) in [5.41, 5.74) is 3.86. The van der Waals surface area contributed by atoms with Gasteiger partial charge in [-0.3, -0.25) is 0 Å². The van der Waals surface area contributed by atoms with Gasteiger partial charge in [0.2, 0.25) is 0 Å². The van der Waals surface area contributed by atoms with Crippen LogP contribution in [-0.2, 0) is 6.54 Å². The second kappa shape index (κ2) is 5.89. The minimum absolute atomic E-state index is 0.386. The van der Waals surface area contributed by atoms with Gasteiger partial charge >= 0.3 is 0 Å². The van der Waals surface area contributed by atoms with Gasteiger partial charge in [-0.1, -0.05) is 17.7 Å². The van der Waals surface area contributed by atoms with E-state index in [-0.39, 0.29) is 0 Å². The van der Waals surface area contributed by atoms with Crippen LogP contribution in [0.25, 0.3) is 0 Å². The van der Waals surface area contributed by atoms with E-state index in [1.807, 2.05) is 12.3 Å². The van der Waals surface area contributed by atoms with Crippen LogP contribution in [0.1, 0.15) is 29.2 Å². The van der Waals surface area contributed by atoms with Crippen LogP contribution in [0.5, 0.6) is 5.75 Å². The van der Waals surface area contributed by atoms with Crippen molar-refractivity contribution >= 4 is 5.82 Å². The summed E-state index contributed by atoms with van der Waals surface area (Å²) in [6, 6.07) is 6.88. The largest absolute Gasteiger partial charge is 0.493 e. The van der Waals surface area contributed by atoms with Crippen molar-refractivity contribution in [2.45, 2.75) is 32.9 Å². The van der Waals surface area contributed by atoms with Crippen LogP contribution in [0.3, 0.4) is 0 Å². The first-order chi connectivity index (χ1) is 11.2. The Morgan fingerprint density at radius 3 is 3.22 bits per heavy atom. The highest BCUT2D eigenvalue weighted by atomic mass is 16.5. The molecule has 0 radical (unpaired) electrons. The molecule has 2 atom stereocenters. The number of nitrogens with one attached hydrogen (secondary N) is 2. The zero-order chi connectivity index (χ0) is 15.8. The van der Waals surface area contributed by atoms with E-state index < -0.39 is 0 Å². The van der Waals surface area contributed by atoms with E-state index in [4.69, 9.17) is 4.74 Å². The SMILES string of the molecule is Cc1cc(C)c2c(c1)[C@H](NC[C@@H]1CNc3ccnn3C1)CCO2. The zero-order valence-electron chi connectivity index (χ0n) is 13.8. The predicted octanol–water partition coefficient (Wildman–Crippen LogP) is 2.66. The van der Waals surface area contributed by atoms with Gasteiger partial charge in [0, 0.05) is 49.6 Å². The molecule has 2 aliphatic rings. The van der Waals surface area contributed by atoms with Crippen molar-refractivity contribution in [2.75, 3.05) is 25.0 Å². The van der Waals surface area contributed by atoms with Crippen LogP contribution in [0, 0.1) is 19.8 Å². The highest BCUT2D eigenvalue weighted by Gasteiger charge is 2.25. The summed E-state index contributed by atoms with van der Waals surface area (Å²) in [5, 5.41) is 11.6. The second-order valence-electron chi connectivity index (χ2n) is 6.74. The van der Waals surface area contributed by atoms with Crippen LogP contribution in [-0.4, -0.2) is 29.5 Å². The molecule has 0 bridgehead atoms. The van der Waals surface area contributed by atoms with Gasteiger partial charge < -0.3 is 15.4 Å². The Hall–Kier alpha value is -2.01. The molecule has 0 spiro atoms. The van der Waals surface area contributed by atoms with E-state index in [0.29, 0.717) is 12.0 Å². The van der Waals surface area contributed by atoms with Crippen molar-refractivity contribution in [3.8, 4) is 5.75 Å². The minimum atomic E-state index is 0.386. The summed E-state index contributed by atoms with van der Waals surface area (Å²) in [4.78, 5) is 0. The van der Waals surface area contributed by atoms with Gasteiger partial charge in [-0.05, 0) is 19.4 Å². The van der Waals surface area contributed by atoms with Gasteiger partial charge in [-0.15, -0.1) is 0 Å². The number of benzene rings is 1. The summed E-state index contributed by atoms with van der Waals surface area (Å²) in [7, 11) is 0. The van der Waals surface area contributed by atoms with E-state index in [2.05, 4.69) is 46.4 Å². The topological polar surface area (TPSA) is 51.1 Å². The summed E-state index contributed by atoms with van der Waals surface area (Å²) in [6.07, 6.45) is 2.89. The molecule has 0 amide bonds. The van der Waals surface area contributed by atoms with Gasteiger partial charge in [0.25, 0.3) is 0 Å². The highest BCUT2D eigenvalue weighted by molar-refractivity contribution is 5.46. The van der Waals surface area contributed by atoms with Crippen molar-refractivity contribution in [1.82, 2.24) is 15.1 Å². The van der Waals surface area contributed by atoms with Crippen molar-refractivity contribution in [2.24, 2.45) is 5.92 Å². The quantitative estimate of drug-likeness (QED) is 0.915. The molecule has 0 aliphatic carbocycles. The lowest BCUT2D eigenvalue weighted by Crippen LogP contribution is -2.38. The van der Waals surface area contributed by atoms with Crippen molar-refractivity contribution in [3.63, 3.8) is 0 Å². The maximum Gasteiger partial charge on any atom is 0.126 e. The third kappa shape index (κ3) is 2.81. The van der Waals surface area contributed by atoms with Crippen molar-refractivity contribution in [3.05, 3.63) is 41.1 Å². The molecule has 2 N–H and O–H groups in total. The molecular formula is C18H24N4O. The van der Waals surface area contributed by atoms with Crippen LogP contribution in [0.15, 0.2) is 24.4 Å². The average Bonchev–Trinajstić information content (AvgIpc) is 3.00. The molecule has 0 unspecified atom stereocenters. The standard InChI is InChI=1S/C18H24N4O/c1-12-7-13(2)18-15(8-12)16(4-6-23-18)19-9-14-10-20-17-3-5-21-22(17)11-14/h3,5,7-8,14,16,19-20H,4,6,9-11H2,1-2H3/t14-,16-/m1/s1. The van der Waals surface area contributed by atoms with Gasteiger partial charge in [0.05, 0.1) is 12.8 Å². The third-order valence-corrected chi connectivity index (χ3v) is 4.85. The van der Waals surface area contributed by atoms with Crippen molar-refractivity contribution < 1.29 is 4.74 Å². The maximum atomic E-state index is 5.90. The van der Waals surface area contributed by atoms with E-state index in [1.165, 1.54) is 16.7 Å². The number of aryl methyl sites for hydroxylation is 2. The molecule has 0 saturated heterocycles. The molecule has 2 aliphatic heterocycles. The molecule has 23 heavy (non-hydrogen) atoms. The van der Waals surface area contributed by atoms with Gasteiger partial charge in [-0.2, -0.15) is 5.10 Å². The summed E-state index contributed by atoms with van der Waals surface area (Å²) >= 11 is 0. The number of rotatable bonds is 3. The van der Waals surface area contributed by atoms with Gasteiger partial charge in [-0.25, -0.2) is 4.68 Å². The molecule has 2 aromatic rings. The first kappa shape index (κ1) is 14.6. The smallest absolute Gasteiger partial charge is 0.126 e. The van der Waals surface area contributed by atoms with E-state index in [0.717, 1.165) is 44.2 Å². The number of aromatic nitrogens is 2. The fourth-order valence-electron chi connectivity index (χ4n) is 3.72. The molecule has 122 valence electrons. The molecule has 5 heteroatoms. The molecule has 5 nitrogen and oxygen atoms in total. The van der Waals surface area contributed by atoms with Crippen molar-refractivity contribution in [1.29, 1.82) is 0 Å². The zero-order valence-corrected chi connectivity index (χ0v) is 13.8. The van der Waals surface area contributed by atoms with Crippen LogP contribution >= 0.6 is 0 Å². The molecule has 0 fully saturated rings. The summed E-state index contributed by atoms with van der Waals surface area (Å²) in [5.74, 6) is 2.76. The predicted molar refractivity (Wildman–Crippen MR) is 91.0 cm³/mol. The lowest BCUT2D eigenvalue weighted by atomic mass is 9.95. The number of fused-ring (bicyclic) bond motifs is 2. The fraction of sp³-hybridized carbons (Fsp3) is 0.500. The number of hydrogen-bond acceptors (Lipinski definition) is 4. The first-order valence-corrected chi connectivity index (χ1v) is 8.43. The number of ether oxygens (including phenoxy) is 1. The molecule has 0 saturated carbocycles. The monoisotopic (exact) mass is 312 g/mol. The lowest BCUT2D eigenvalue weighted by Gasteiger charge is -2.31. The van der Waals surface area contributed by atoms with Gasteiger partial charge in [0.1, 0.15) is 11.6 Å². The summed E-state index contributed by atoms with van der Waals surface area (Å²) in [6.45, 7) is 8.05. The minimum Gasteiger partial charge on any atom is -0.493 e. The highest BCUT2D eigenvalue weighted by Crippen LogP contribution is 2.35. The fourth-order valence-corrected chi connectivity index (χ4v) is 3.72. The van der Waals surface area contributed by atoms with E-state index >= 15 is 0 Å². The summed E-state index contributed by atoms with van der Waals surface area (Å²) < 4.78 is 7.96. The first-order valence-electron chi connectivity index (χ1n) is 8.43. The van der Waals surface area contributed by atoms with E-state index in [9.17, 15) is 0 Å². The Morgan fingerprint density at radius 2 is 2.30 bits per heavy atom. The van der Waals surface area contributed by atoms with Gasteiger partial charge in [0.15, 0.2) is 0 Å². The molecule has 3 heterocycles. The third-order valence-electron chi connectivity index (χ3n) is 4.85. The second-order valence-corrected chi connectivity index (χ2v) is 6.74. The Labute approximate surface area is 137 Å². The average molecular weight is 312 g/mol. The molecule has 4 rings (SSSR count). The van der Waals surface area contributed by atoms with Crippen LogP contribution < -0.4 is 15.4 Å². The Bertz CT molecular complexity index is 709. The van der Waals surface area contributed by atoms with Crippen LogP contribution in [0.4, 0.5) is 5.82 Å². The number of anilines is 1. The normalized spacial score (nSPS) is 22.7. The van der Waals surface area contributed by atoms with E-state index in [1.54, 1.807) is 0 Å². The number of hydrogen-bond donors (Lipinski definition) is 2. The Morgan fingerprint density at radius 1 is 1.39 bits per heavy atom. The lowest BCUT2D eigenvalue weighted by molar-refractivity contribution is 0.244. The molecule has 1 aromatic carbocycles.